The minimum Gasteiger partial charge on any atom is -0.497 e. The molecule has 1 fully saturated rings. The number of nitrogens with one attached hydrogen (secondary N) is 1. The third kappa shape index (κ3) is 8.54. The maximum Gasteiger partial charge on any atom is 0.407 e. The number of methoxy groups -OCH3 is 2. The van der Waals surface area contributed by atoms with E-state index in [-0.39, 0.29) is 31.5 Å². The van der Waals surface area contributed by atoms with Crippen molar-refractivity contribution >= 4 is 17.7 Å². The number of carbonyl (C=O) groups is 2. The Labute approximate surface area is 276 Å². The number of benzene rings is 3. The van der Waals surface area contributed by atoms with Gasteiger partial charge in [-0.25, -0.2) is 4.79 Å². The summed E-state index contributed by atoms with van der Waals surface area (Å²) in [7, 11) is 3.31. The fourth-order valence-corrected chi connectivity index (χ4v) is 6.76. The molecule has 252 valence electrons. The van der Waals surface area contributed by atoms with Crippen LogP contribution in [-0.4, -0.2) is 99.5 Å². The van der Waals surface area contributed by atoms with Gasteiger partial charge in [0.2, 0.25) is 5.91 Å². The van der Waals surface area contributed by atoms with E-state index >= 15 is 0 Å². The van der Waals surface area contributed by atoms with Gasteiger partial charge in [0.1, 0.15) is 24.7 Å². The van der Waals surface area contributed by atoms with Crippen LogP contribution >= 0.6 is 0 Å². The summed E-state index contributed by atoms with van der Waals surface area (Å²) in [6.07, 6.45) is -0.238. The molecular formula is C36H45N3O8. The predicted octanol–water partition coefficient (Wildman–Crippen LogP) is 3.93. The van der Waals surface area contributed by atoms with E-state index in [4.69, 9.17) is 18.9 Å². The number of anilines is 1. The van der Waals surface area contributed by atoms with Crippen LogP contribution in [0.15, 0.2) is 72.8 Å². The van der Waals surface area contributed by atoms with Crippen molar-refractivity contribution in [3.63, 3.8) is 0 Å². The lowest BCUT2D eigenvalue weighted by Gasteiger charge is -2.48. The monoisotopic (exact) mass is 647 g/mol. The summed E-state index contributed by atoms with van der Waals surface area (Å²) in [5.74, 6) is 0.351. The molecule has 0 radical (unpaired) electrons. The number of likely N-dealkylation sites (tertiary alicyclic amines) is 1. The molecule has 0 aromatic heterocycles. The molecule has 1 unspecified atom stereocenters. The number of carbonyl (C=O) groups excluding carboxylic acids is 1. The third-order valence-electron chi connectivity index (χ3n) is 9.07. The van der Waals surface area contributed by atoms with E-state index in [2.05, 4.69) is 16.3 Å². The zero-order valence-electron chi connectivity index (χ0n) is 27.0. The fraction of sp³-hybridized carbons (Fsp3) is 0.444. The number of rotatable bonds is 14. The molecule has 0 aliphatic carbocycles. The first-order valence-electron chi connectivity index (χ1n) is 16.1. The smallest absolute Gasteiger partial charge is 0.407 e. The summed E-state index contributed by atoms with van der Waals surface area (Å²) >= 11 is 0. The Morgan fingerprint density at radius 1 is 1.02 bits per heavy atom. The van der Waals surface area contributed by atoms with Crippen molar-refractivity contribution in [1.29, 1.82) is 0 Å². The maximum absolute atomic E-state index is 12.8. The Balaban J connectivity index is 1.47. The Morgan fingerprint density at radius 3 is 2.51 bits per heavy atom. The molecule has 11 heteroatoms. The van der Waals surface area contributed by atoms with Crippen LogP contribution in [0.3, 0.4) is 0 Å². The van der Waals surface area contributed by atoms with E-state index in [1.165, 1.54) is 4.90 Å². The Bertz CT molecular complexity index is 1450. The van der Waals surface area contributed by atoms with E-state index in [0.29, 0.717) is 25.4 Å². The summed E-state index contributed by atoms with van der Waals surface area (Å²) in [6, 6.07) is 23.0. The summed E-state index contributed by atoms with van der Waals surface area (Å²) in [5.41, 5.74) is 3.88. The van der Waals surface area contributed by atoms with Crippen molar-refractivity contribution in [1.82, 2.24) is 10.2 Å². The second kappa shape index (κ2) is 16.5. The molecule has 0 bridgehead atoms. The summed E-state index contributed by atoms with van der Waals surface area (Å²) < 4.78 is 23.3. The van der Waals surface area contributed by atoms with Crippen LogP contribution in [0.2, 0.25) is 0 Å². The maximum atomic E-state index is 12.8. The molecule has 0 saturated carbocycles. The lowest BCUT2D eigenvalue weighted by atomic mass is 9.72. The highest BCUT2D eigenvalue weighted by molar-refractivity contribution is 5.76. The average Bonchev–Trinajstić information content (AvgIpc) is 3.10. The molecule has 3 N–H and O–H groups in total. The van der Waals surface area contributed by atoms with Crippen molar-refractivity contribution in [2.45, 2.75) is 37.5 Å². The highest BCUT2D eigenvalue weighted by atomic mass is 16.5. The van der Waals surface area contributed by atoms with Gasteiger partial charge < -0.3 is 44.3 Å². The molecule has 2 amide bonds. The summed E-state index contributed by atoms with van der Waals surface area (Å²) in [6.45, 7) is 2.81. The quantitative estimate of drug-likeness (QED) is 0.223. The van der Waals surface area contributed by atoms with Crippen molar-refractivity contribution in [3.05, 3.63) is 89.5 Å². The van der Waals surface area contributed by atoms with E-state index < -0.39 is 30.8 Å². The SMILES string of the molecule is COCCCN1CCOc2ccc(CO[C@H]3CN(C(=O)O)C(Cc4ccccc4)[C@@H](CNC(=O)CO)[C@@H]3c3ccc(OC)cc3)cc21. The zero-order chi connectivity index (χ0) is 33.2. The number of ether oxygens (including phenoxy) is 4. The number of aliphatic hydroxyl groups excluding tert-OH is 1. The van der Waals surface area contributed by atoms with Gasteiger partial charge in [-0.05, 0) is 53.8 Å². The van der Waals surface area contributed by atoms with Gasteiger partial charge in [0.25, 0.3) is 0 Å². The topological polar surface area (TPSA) is 130 Å². The van der Waals surface area contributed by atoms with Crippen LogP contribution in [0.5, 0.6) is 11.5 Å². The number of piperidine rings is 1. The van der Waals surface area contributed by atoms with Gasteiger partial charge in [-0.15, -0.1) is 0 Å². The fourth-order valence-electron chi connectivity index (χ4n) is 6.76. The first kappa shape index (κ1) is 34.0. The zero-order valence-corrected chi connectivity index (χ0v) is 27.0. The van der Waals surface area contributed by atoms with Gasteiger partial charge >= 0.3 is 6.09 Å². The second-order valence-corrected chi connectivity index (χ2v) is 12.0. The van der Waals surface area contributed by atoms with E-state index in [0.717, 1.165) is 47.6 Å². The largest absolute Gasteiger partial charge is 0.497 e. The van der Waals surface area contributed by atoms with Crippen molar-refractivity contribution in [2.75, 3.05) is 65.1 Å². The normalized spacial score (nSPS) is 20.7. The van der Waals surface area contributed by atoms with Crippen molar-refractivity contribution in [2.24, 2.45) is 5.92 Å². The number of fused-ring (bicyclic) bond motifs is 1. The Hall–Kier alpha value is -4.32. The number of hydrogen-bond donors (Lipinski definition) is 3. The molecular weight excluding hydrogens is 602 g/mol. The number of hydrogen-bond acceptors (Lipinski definition) is 8. The molecule has 2 aliphatic rings. The number of carboxylic acid groups (broad SMARTS) is 1. The summed E-state index contributed by atoms with van der Waals surface area (Å²) in [5, 5.41) is 22.8. The van der Waals surface area contributed by atoms with Crippen LogP contribution in [0, 0.1) is 5.92 Å². The van der Waals surface area contributed by atoms with Gasteiger partial charge in [0.15, 0.2) is 0 Å². The van der Waals surface area contributed by atoms with Crippen LogP contribution in [0.1, 0.15) is 29.0 Å². The van der Waals surface area contributed by atoms with E-state index in [9.17, 15) is 19.8 Å². The van der Waals surface area contributed by atoms with Crippen LogP contribution in [0.4, 0.5) is 10.5 Å². The highest BCUT2D eigenvalue weighted by Gasteiger charge is 2.46. The molecule has 4 atom stereocenters. The molecule has 5 rings (SSSR count). The lowest BCUT2D eigenvalue weighted by Crippen LogP contribution is -2.60. The molecule has 1 saturated heterocycles. The molecule has 2 aliphatic heterocycles. The van der Waals surface area contributed by atoms with Crippen LogP contribution < -0.4 is 19.7 Å². The standard InChI is InChI=1S/C36H45N3O8/c1-44-17-6-15-38-16-18-46-32-14-9-26(20-31(32)38)24-47-33-22-39(36(42)43)30(19-25-7-4-3-5-8-25)29(21-37-34(41)23-40)35(33)27-10-12-28(45-2)13-11-27/h3-5,7-14,20,29-30,33,35,40H,6,15-19,21-24H2,1-2H3,(H,37,41)(H,42,43)/t29-,30?,33+,35+/m1/s1. The minimum absolute atomic E-state index is 0.144. The van der Waals surface area contributed by atoms with Crippen molar-refractivity contribution < 1.29 is 38.7 Å². The van der Waals surface area contributed by atoms with Gasteiger partial charge in [0, 0.05) is 44.7 Å². The van der Waals surface area contributed by atoms with Crippen LogP contribution in [0.25, 0.3) is 0 Å². The van der Waals surface area contributed by atoms with Gasteiger partial charge in [-0.3, -0.25) is 4.79 Å². The summed E-state index contributed by atoms with van der Waals surface area (Å²) in [4.78, 5) is 28.9. The van der Waals surface area contributed by atoms with Crippen LogP contribution in [-0.2, 0) is 27.3 Å². The second-order valence-electron chi connectivity index (χ2n) is 12.0. The number of nitrogens with zero attached hydrogens (tertiary/aromatic N) is 2. The molecule has 0 spiro atoms. The first-order chi connectivity index (χ1) is 22.9. The molecule has 3 aromatic carbocycles. The predicted molar refractivity (Wildman–Crippen MR) is 177 cm³/mol. The highest BCUT2D eigenvalue weighted by Crippen LogP contribution is 2.41. The molecule has 3 aromatic rings. The Morgan fingerprint density at radius 2 is 1.81 bits per heavy atom. The molecule has 11 nitrogen and oxygen atoms in total. The lowest BCUT2D eigenvalue weighted by molar-refractivity contribution is -0.124. The van der Waals surface area contributed by atoms with Crippen molar-refractivity contribution in [3.8, 4) is 11.5 Å². The number of amides is 2. The Kier molecular flexibility index (Phi) is 11.9. The van der Waals surface area contributed by atoms with Gasteiger partial charge in [0.05, 0.1) is 38.6 Å². The molecule has 47 heavy (non-hydrogen) atoms. The third-order valence-corrected chi connectivity index (χ3v) is 9.07. The van der Waals surface area contributed by atoms with E-state index in [1.54, 1.807) is 14.2 Å². The van der Waals surface area contributed by atoms with Gasteiger partial charge in [-0.1, -0.05) is 48.5 Å². The first-order valence-corrected chi connectivity index (χ1v) is 16.1. The number of aliphatic hydroxyl groups is 1. The van der Waals surface area contributed by atoms with E-state index in [1.807, 2.05) is 66.7 Å². The minimum atomic E-state index is -1.05. The molecule has 2 heterocycles. The average molecular weight is 648 g/mol. The van der Waals surface area contributed by atoms with Gasteiger partial charge in [-0.2, -0.15) is 0 Å².